The molecule has 2 aliphatic heterocycles. The van der Waals surface area contributed by atoms with Gasteiger partial charge in [-0.1, -0.05) is 6.92 Å². The summed E-state index contributed by atoms with van der Waals surface area (Å²) >= 11 is 0. The van der Waals surface area contributed by atoms with Crippen LogP contribution in [0.1, 0.15) is 19.8 Å². The Hall–Kier alpha value is -0.120. The molecule has 3 heteroatoms. The molecule has 2 heterocycles. The van der Waals surface area contributed by atoms with Crippen LogP contribution in [0.3, 0.4) is 0 Å². The first kappa shape index (κ1) is 10.4. The molecule has 2 saturated heterocycles. The van der Waals surface area contributed by atoms with Gasteiger partial charge in [0.1, 0.15) is 0 Å². The topological polar surface area (TPSA) is 24.5 Å². The van der Waals surface area contributed by atoms with Gasteiger partial charge < -0.3 is 15.0 Å². The maximum Gasteiger partial charge on any atom is 0.0506 e. The average Bonchev–Trinajstić information content (AvgIpc) is 2.56. The largest absolute Gasteiger partial charge is 0.381 e. The summed E-state index contributed by atoms with van der Waals surface area (Å²) in [5.41, 5.74) is 0. The van der Waals surface area contributed by atoms with Gasteiger partial charge in [-0.05, 0) is 32.4 Å². The van der Waals surface area contributed by atoms with Gasteiger partial charge in [0.2, 0.25) is 0 Å². The Morgan fingerprint density at radius 3 is 2.86 bits per heavy atom. The number of hydrogen-bond donors (Lipinski definition) is 1. The molecule has 1 N–H and O–H groups in total. The smallest absolute Gasteiger partial charge is 0.0506 e. The van der Waals surface area contributed by atoms with Gasteiger partial charge in [0, 0.05) is 25.2 Å². The molecule has 0 aromatic rings. The second-order valence-electron chi connectivity index (χ2n) is 4.86. The third-order valence-electron chi connectivity index (χ3n) is 3.48. The van der Waals surface area contributed by atoms with Gasteiger partial charge in [-0.2, -0.15) is 0 Å². The molecule has 82 valence electrons. The Labute approximate surface area is 86.8 Å². The van der Waals surface area contributed by atoms with Crippen molar-refractivity contribution in [3.8, 4) is 0 Å². The average molecular weight is 198 g/mol. The predicted octanol–water partition coefficient (Wildman–Crippen LogP) is 0.705. The van der Waals surface area contributed by atoms with E-state index in [0.29, 0.717) is 18.0 Å². The summed E-state index contributed by atoms with van der Waals surface area (Å²) in [6, 6.07) is 1.39. The van der Waals surface area contributed by atoms with Gasteiger partial charge in [-0.25, -0.2) is 0 Å². The van der Waals surface area contributed by atoms with Gasteiger partial charge in [-0.3, -0.25) is 0 Å². The normalized spacial score (nSPS) is 40.3. The highest BCUT2D eigenvalue weighted by Gasteiger charge is 2.27. The van der Waals surface area contributed by atoms with E-state index < -0.39 is 0 Å². The number of rotatable bonds is 2. The fourth-order valence-corrected chi connectivity index (χ4v) is 2.50. The molecule has 0 aromatic heterocycles. The first-order valence-electron chi connectivity index (χ1n) is 5.78. The van der Waals surface area contributed by atoms with Crippen molar-refractivity contribution in [3.63, 3.8) is 0 Å². The van der Waals surface area contributed by atoms with Crippen molar-refractivity contribution in [1.82, 2.24) is 10.2 Å². The molecule has 3 unspecified atom stereocenters. The van der Waals surface area contributed by atoms with E-state index in [1.54, 1.807) is 0 Å². The summed E-state index contributed by atoms with van der Waals surface area (Å²) in [5, 5.41) is 3.78. The lowest BCUT2D eigenvalue weighted by molar-refractivity contribution is 0.0362. The quantitative estimate of drug-likeness (QED) is 0.707. The molecule has 2 aliphatic rings. The summed E-state index contributed by atoms with van der Waals surface area (Å²) in [6.45, 7) is 6.61. The van der Waals surface area contributed by atoms with Crippen LogP contribution in [0.5, 0.6) is 0 Å². The Kier molecular flexibility index (Phi) is 3.42. The molecular weight excluding hydrogens is 176 g/mol. The molecule has 0 saturated carbocycles. The number of likely N-dealkylation sites (N-methyl/N-ethyl adjacent to an activating group) is 1. The summed E-state index contributed by atoms with van der Waals surface area (Å²) in [4.78, 5) is 2.40. The minimum atomic E-state index is 0.676. The van der Waals surface area contributed by atoms with Crippen LogP contribution < -0.4 is 5.32 Å². The highest BCUT2D eigenvalue weighted by molar-refractivity contribution is 4.85. The van der Waals surface area contributed by atoms with E-state index in [1.165, 1.54) is 25.9 Å². The Morgan fingerprint density at radius 2 is 2.21 bits per heavy atom. The molecule has 0 aromatic carbocycles. The molecule has 3 atom stereocenters. The Bertz CT molecular complexity index is 186. The minimum Gasteiger partial charge on any atom is -0.381 e. The van der Waals surface area contributed by atoms with E-state index in [1.807, 2.05) is 0 Å². The van der Waals surface area contributed by atoms with Gasteiger partial charge in [-0.15, -0.1) is 0 Å². The van der Waals surface area contributed by atoms with Crippen LogP contribution in [0.25, 0.3) is 0 Å². The molecule has 0 aliphatic carbocycles. The van der Waals surface area contributed by atoms with Crippen molar-refractivity contribution < 1.29 is 4.74 Å². The van der Waals surface area contributed by atoms with E-state index >= 15 is 0 Å². The van der Waals surface area contributed by atoms with E-state index in [0.717, 1.165) is 13.2 Å². The van der Waals surface area contributed by atoms with E-state index in [-0.39, 0.29) is 0 Å². The van der Waals surface area contributed by atoms with Crippen LogP contribution in [-0.2, 0) is 4.74 Å². The van der Waals surface area contributed by atoms with Crippen molar-refractivity contribution in [1.29, 1.82) is 0 Å². The number of hydrogen-bond acceptors (Lipinski definition) is 3. The summed E-state index contributed by atoms with van der Waals surface area (Å²) in [7, 11) is 2.20. The molecule has 14 heavy (non-hydrogen) atoms. The fraction of sp³-hybridized carbons (Fsp3) is 1.00. The van der Waals surface area contributed by atoms with Crippen molar-refractivity contribution in [2.45, 2.75) is 31.8 Å². The second kappa shape index (κ2) is 4.60. The first-order valence-corrected chi connectivity index (χ1v) is 5.78. The monoisotopic (exact) mass is 198 g/mol. The maximum atomic E-state index is 5.45. The molecule has 3 nitrogen and oxygen atoms in total. The molecule has 0 amide bonds. The zero-order valence-corrected chi connectivity index (χ0v) is 9.33. The highest BCUT2D eigenvalue weighted by Crippen LogP contribution is 2.16. The zero-order chi connectivity index (χ0) is 9.97. The Balaban J connectivity index is 1.78. The highest BCUT2D eigenvalue weighted by atomic mass is 16.5. The second-order valence-corrected chi connectivity index (χ2v) is 4.86. The molecule has 0 radical (unpaired) electrons. The van der Waals surface area contributed by atoms with Crippen LogP contribution in [0, 0.1) is 5.92 Å². The summed E-state index contributed by atoms with van der Waals surface area (Å²) in [5.74, 6) is 0.676. The van der Waals surface area contributed by atoms with Crippen LogP contribution >= 0.6 is 0 Å². The van der Waals surface area contributed by atoms with Gasteiger partial charge in [0.25, 0.3) is 0 Å². The zero-order valence-electron chi connectivity index (χ0n) is 9.33. The summed E-state index contributed by atoms with van der Waals surface area (Å²) in [6.07, 6.45) is 2.49. The Morgan fingerprint density at radius 1 is 1.36 bits per heavy atom. The number of likely N-dealkylation sites (tertiary alicyclic amines) is 1. The van der Waals surface area contributed by atoms with Crippen molar-refractivity contribution in [2.24, 2.45) is 5.92 Å². The van der Waals surface area contributed by atoms with Gasteiger partial charge in [0.15, 0.2) is 0 Å². The number of nitrogens with zero attached hydrogens (tertiary/aromatic N) is 1. The molecular formula is C11H22N2O. The van der Waals surface area contributed by atoms with E-state index in [9.17, 15) is 0 Å². The minimum absolute atomic E-state index is 0.676. The van der Waals surface area contributed by atoms with Crippen LogP contribution in [0.4, 0.5) is 0 Å². The van der Waals surface area contributed by atoms with Gasteiger partial charge in [0.05, 0.1) is 6.61 Å². The third-order valence-corrected chi connectivity index (χ3v) is 3.48. The number of ether oxygens (including phenoxy) is 1. The van der Waals surface area contributed by atoms with Crippen LogP contribution in [0.2, 0.25) is 0 Å². The van der Waals surface area contributed by atoms with Crippen LogP contribution in [0.15, 0.2) is 0 Å². The number of nitrogens with one attached hydrogen (secondary N) is 1. The lowest BCUT2D eigenvalue weighted by Gasteiger charge is -2.32. The van der Waals surface area contributed by atoms with Crippen molar-refractivity contribution >= 4 is 0 Å². The standard InChI is InChI=1S/C11H22N2O/c1-9-8-14-6-4-11(9)12-10-3-5-13(2)7-10/h9-12H,3-8H2,1-2H3. The van der Waals surface area contributed by atoms with Crippen molar-refractivity contribution in [3.05, 3.63) is 0 Å². The maximum absolute atomic E-state index is 5.45. The molecule has 0 spiro atoms. The molecule has 0 bridgehead atoms. The van der Waals surface area contributed by atoms with E-state index in [2.05, 4.69) is 24.2 Å². The SMILES string of the molecule is CC1COCCC1NC1CCN(C)C1. The fourth-order valence-electron chi connectivity index (χ4n) is 2.50. The molecule has 2 rings (SSSR count). The van der Waals surface area contributed by atoms with Gasteiger partial charge >= 0.3 is 0 Å². The lowest BCUT2D eigenvalue weighted by atomic mass is 9.97. The summed E-state index contributed by atoms with van der Waals surface area (Å²) < 4.78 is 5.45. The molecule has 2 fully saturated rings. The lowest BCUT2D eigenvalue weighted by Crippen LogP contribution is -2.47. The third kappa shape index (κ3) is 2.47. The van der Waals surface area contributed by atoms with Crippen LogP contribution in [-0.4, -0.2) is 50.3 Å². The van der Waals surface area contributed by atoms with E-state index in [4.69, 9.17) is 4.74 Å². The first-order chi connectivity index (χ1) is 6.75. The van der Waals surface area contributed by atoms with Crippen molar-refractivity contribution in [2.75, 3.05) is 33.4 Å². The predicted molar refractivity (Wildman–Crippen MR) is 57.4 cm³/mol.